The number of benzene rings is 1. The van der Waals surface area contributed by atoms with Crippen molar-refractivity contribution in [1.82, 2.24) is 4.37 Å². The van der Waals surface area contributed by atoms with Crippen molar-refractivity contribution < 1.29 is 16.5 Å². The fraction of sp³-hybridized carbons (Fsp3) is 0. The van der Waals surface area contributed by atoms with Crippen LogP contribution in [-0.2, 0) is 10.5 Å². The van der Waals surface area contributed by atoms with Crippen LogP contribution in [0.1, 0.15) is 0 Å². The number of aromatic nitrogens is 1. The van der Waals surface area contributed by atoms with Crippen LogP contribution in [-0.4, -0.2) is 12.8 Å². The lowest BCUT2D eigenvalue weighted by Gasteiger charge is -1.98. The summed E-state index contributed by atoms with van der Waals surface area (Å²) in [6.45, 7) is 0. The molecule has 4 nitrogen and oxygen atoms in total. The van der Waals surface area contributed by atoms with Crippen molar-refractivity contribution in [3.05, 3.63) is 24.4 Å². The van der Waals surface area contributed by atoms with Crippen LogP contribution in [0.3, 0.4) is 0 Å². The van der Waals surface area contributed by atoms with Gasteiger partial charge < -0.3 is 4.18 Å². The zero-order chi connectivity index (χ0) is 10.2. The van der Waals surface area contributed by atoms with Gasteiger partial charge in [-0.05, 0) is 23.7 Å². The summed E-state index contributed by atoms with van der Waals surface area (Å²) in [6.07, 6.45) is 1.63. The van der Waals surface area contributed by atoms with E-state index in [1.807, 2.05) is 0 Å². The third kappa shape index (κ3) is 1.99. The highest BCUT2D eigenvalue weighted by Crippen LogP contribution is 2.24. The molecule has 0 aliphatic heterocycles. The van der Waals surface area contributed by atoms with Gasteiger partial charge in [0.25, 0.3) is 0 Å². The molecule has 2 rings (SSSR count). The Labute approximate surface area is 83.5 Å². The van der Waals surface area contributed by atoms with E-state index in [1.165, 1.54) is 23.7 Å². The molecular weight excluding hydrogens is 229 g/mol. The summed E-state index contributed by atoms with van der Waals surface area (Å²) >= 11 is 1.18. The summed E-state index contributed by atoms with van der Waals surface area (Å²) in [5, 5.41) is 0.860. The Morgan fingerprint density at radius 1 is 1.43 bits per heavy atom. The lowest BCUT2D eigenvalue weighted by atomic mass is 10.3. The highest BCUT2D eigenvalue weighted by Gasteiger charge is 2.09. The SMILES string of the molecule is O=S(=O)(F)Oc1ccc2cnsc2c1. The maximum atomic E-state index is 12.1. The smallest absolute Gasteiger partial charge is 0.358 e. The predicted octanol–water partition coefficient (Wildman–Crippen LogP) is 1.89. The molecule has 0 radical (unpaired) electrons. The molecular formula is C7H4FNO3S2. The zero-order valence-corrected chi connectivity index (χ0v) is 8.31. The molecule has 0 aliphatic rings. The van der Waals surface area contributed by atoms with Crippen molar-refractivity contribution in [3.63, 3.8) is 0 Å². The van der Waals surface area contributed by atoms with Crippen molar-refractivity contribution in [2.45, 2.75) is 0 Å². The average molecular weight is 233 g/mol. The van der Waals surface area contributed by atoms with Crippen LogP contribution in [0.4, 0.5) is 3.89 Å². The van der Waals surface area contributed by atoms with Gasteiger partial charge in [-0.2, -0.15) is 12.8 Å². The minimum Gasteiger partial charge on any atom is -0.358 e. The molecule has 74 valence electrons. The Kier molecular flexibility index (Phi) is 2.12. The van der Waals surface area contributed by atoms with Crippen LogP contribution >= 0.6 is 11.5 Å². The minimum atomic E-state index is -4.94. The molecule has 0 N–H and O–H groups in total. The number of halogens is 1. The molecule has 2 aromatic rings. The molecule has 0 saturated carbocycles. The van der Waals surface area contributed by atoms with Gasteiger partial charge in [0.15, 0.2) is 0 Å². The molecule has 0 atom stereocenters. The van der Waals surface area contributed by atoms with E-state index < -0.39 is 10.5 Å². The normalized spacial score (nSPS) is 11.8. The van der Waals surface area contributed by atoms with Gasteiger partial charge in [0.1, 0.15) is 5.75 Å². The second-order valence-corrected chi connectivity index (χ2v) is 4.29. The van der Waals surface area contributed by atoms with Gasteiger partial charge >= 0.3 is 10.5 Å². The van der Waals surface area contributed by atoms with Gasteiger partial charge in [-0.3, -0.25) is 0 Å². The monoisotopic (exact) mass is 233 g/mol. The topological polar surface area (TPSA) is 56.3 Å². The van der Waals surface area contributed by atoms with E-state index in [4.69, 9.17) is 0 Å². The van der Waals surface area contributed by atoms with E-state index in [1.54, 1.807) is 12.3 Å². The van der Waals surface area contributed by atoms with Crippen LogP contribution in [0.2, 0.25) is 0 Å². The van der Waals surface area contributed by atoms with E-state index in [0.717, 1.165) is 10.1 Å². The highest BCUT2D eigenvalue weighted by atomic mass is 32.3. The summed E-state index contributed by atoms with van der Waals surface area (Å²) in [7, 11) is -4.94. The molecule has 7 heteroatoms. The molecule has 0 bridgehead atoms. The van der Waals surface area contributed by atoms with Crippen LogP contribution < -0.4 is 4.18 Å². The van der Waals surface area contributed by atoms with Gasteiger partial charge in [-0.15, -0.1) is 0 Å². The van der Waals surface area contributed by atoms with Crippen LogP contribution in [0, 0.1) is 0 Å². The summed E-state index contributed by atoms with van der Waals surface area (Å²) in [4.78, 5) is 0. The fourth-order valence-corrected chi connectivity index (χ4v) is 2.02. The maximum Gasteiger partial charge on any atom is 0.488 e. The lowest BCUT2D eigenvalue weighted by Crippen LogP contribution is -2.00. The number of hydrogen-bond acceptors (Lipinski definition) is 5. The van der Waals surface area contributed by atoms with E-state index in [9.17, 15) is 12.3 Å². The Balaban J connectivity index is 2.44. The second-order valence-electron chi connectivity index (χ2n) is 2.50. The van der Waals surface area contributed by atoms with Crippen LogP contribution in [0.25, 0.3) is 10.1 Å². The molecule has 0 aliphatic carbocycles. The van der Waals surface area contributed by atoms with Crippen molar-refractivity contribution in [2.24, 2.45) is 0 Å². The quantitative estimate of drug-likeness (QED) is 0.743. The third-order valence-corrected chi connectivity index (χ3v) is 2.68. The summed E-state index contributed by atoms with van der Waals surface area (Å²) < 4.78 is 41.2. The van der Waals surface area contributed by atoms with Crippen molar-refractivity contribution >= 4 is 32.1 Å². The molecule has 0 amide bonds. The van der Waals surface area contributed by atoms with Crippen molar-refractivity contribution in [3.8, 4) is 5.75 Å². The summed E-state index contributed by atoms with van der Waals surface area (Å²) in [5.41, 5.74) is 0. The molecule has 1 heterocycles. The average Bonchev–Trinajstić information content (AvgIpc) is 2.47. The molecule has 0 fully saturated rings. The molecule has 14 heavy (non-hydrogen) atoms. The maximum absolute atomic E-state index is 12.1. The number of nitrogens with zero attached hydrogens (tertiary/aromatic N) is 1. The molecule has 1 aromatic heterocycles. The van der Waals surface area contributed by atoms with E-state index in [0.29, 0.717) is 0 Å². The standard InChI is InChI=1S/C7H4FNO3S2/c8-14(10,11)12-6-2-1-5-4-9-13-7(5)3-6/h1-4H. The lowest BCUT2D eigenvalue weighted by molar-refractivity contribution is 0.440. The number of hydrogen-bond donors (Lipinski definition) is 0. The Morgan fingerprint density at radius 2 is 2.21 bits per heavy atom. The molecule has 0 spiro atoms. The predicted molar refractivity (Wildman–Crippen MR) is 50.3 cm³/mol. The summed E-state index contributed by atoms with van der Waals surface area (Å²) in [5.74, 6) is -0.0516. The first-order valence-corrected chi connectivity index (χ1v) is 5.61. The Hall–Kier alpha value is -1.21. The van der Waals surface area contributed by atoms with Gasteiger partial charge in [-0.1, -0.05) is 3.89 Å². The van der Waals surface area contributed by atoms with E-state index in [-0.39, 0.29) is 5.75 Å². The first-order chi connectivity index (χ1) is 6.54. The number of rotatable bonds is 2. The molecule has 0 saturated heterocycles. The molecule has 1 aromatic carbocycles. The Bertz CT molecular complexity index is 563. The van der Waals surface area contributed by atoms with Gasteiger partial charge in [0.05, 0.1) is 4.70 Å². The molecule has 0 unspecified atom stereocenters. The number of fused-ring (bicyclic) bond motifs is 1. The van der Waals surface area contributed by atoms with E-state index >= 15 is 0 Å². The minimum absolute atomic E-state index is 0.0516. The van der Waals surface area contributed by atoms with E-state index in [2.05, 4.69) is 8.56 Å². The zero-order valence-electron chi connectivity index (χ0n) is 6.68. The Morgan fingerprint density at radius 3 is 2.93 bits per heavy atom. The van der Waals surface area contributed by atoms with Gasteiger partial charge in [-0.25, -0.2) is 0 Å². The second kappa shape index (κ2) is 3.18. The van der Waals surface area contributed by atoms with Crippen molar-refractivity contribution in [2.75, 3.05) is 0 Å². The van der Waals surface area contributed by atoms with Crippen LogP contribution in [0.15, 0.2) is 24.4 Å². The largest absolute Gasteiger partial charge is 0.488 e. The summed E-state index contributed by atoms with van der Waals surface area (Å²) in [6, 6.07) is 4.40. The van der Waals surface area contributed by atoms with Crippen LogP contribution in [0.5, 0.6) is 5.75 Å². The van der Waals surface area contributed by atoms with Gasteiger partial charge in [0.2, 0.25) is 0 Å². The first kappa shape index (κ1) is 9.35. The fourth-order valence-electron chi connectivity index (χ4n) is 1.01. The third-order valence-electron chi connectivity index (χ3n) is 1.52. The van der Waals surface area contributed by atoms with Crippen molar-refractivity contribution in [1.29, 1.82) is 0 Å². The highest BCUT2D eigenvalue weighted by molar-refractivity contribution is 7.81. The van der Waals surface area contributed by atoms with Gasteiger partial charge in [0, 0.05) is 17.6 Å². The first-order valence-electron chi connectivity index (χ1n) is 3.53.